The van der Waals surface area contributed by atoms with Crippen LogP contribution < -0.4 is 5.73 Å². The highest BCUT2D eigenvalue weighted by Crippen LogP contribution is 2.45. The summed E-state index contributed by atoms with van der Waals surface area (Å²) < 4.78 is 0. The van der Waals surface area contributed by atoms with Gasteiger partial charge >= 0.3 is 0 Å². The average Bonchev–Trinajstić information content (AvgIpc) is 2.75. The monoisotopic (exact) mass is 181 g/mol. The number of benzene rings is 1. The van der Waals surface area contributed by atoms with Crippen molar-refractivity contribution in [3.8, 4) is 0 Å². The third-order valence-corrected chi connectivity index (χ3v) is 3.02. The van der Waals surface area contributed by atoms with Crippen molar-refractivity contribution in [3.63, 3.8) is 0 Å². The van der Waals surface area contributed by atoms with E-state index in [4.69, 9.17) is 17.3 Å². The van der Waals surface area contributed by atoms with Gasteiger partial charge in [0.1, 0.15) is 0 Å². The van der Waals surface area contributed by atoms with Crippen LogP contribution in [0.4, 0.5) is 0 Å². The van der Waals surface area contributed by atoms with Gasteiger partial charge in [0.05, 0.1) is 0 Å². The van der Waals surface area contributed by atoms with E-state index in [1.165, 1.54) is 0 Å². The van der Waals surface area contributed by atoms with Gasteiger partial charge in [-0.1, -0.05) is 29.8 Å². The van der Waals surface area contributed by atoms with Crippen LogP contribution in [0.25, 0.3) is 0 Å². The molecule has 0 unspecified atom stereocenters. The Morgan fingerprint density at radius 1 is 1.42 bits per heavy atom. The molecule has 0 aliphatic heterocycles. The molecule has 64 valence electrons. The molecule has 0 bridgehead atoms. The molecule has 0 radical (unpaired) electrons. The molecule has 2 N–H and O–H groups in total. The summed E-state index contributed by atoms with van der Waals surface area (Å²) in [6.07, 6.45) is 2.13. The highest BCUT2D eigenvalue weighted by atomic mass is 35.5. The molecule has 1 aliphatic carbocycles. The maximum absolute atomic E-state index is 6.14. The van der Waals surface area contributed by atoms with Crippen LogP contribution in [0.1, 0.15) is 24.0 Å². The molecule has 2 rings (SSSR count). The first kappa shape index (κ1) is 8.09. The normalized spacial score (nSPS) is 19.2. The molecule has 1 nitrogen and oxygen atoms in total. The molecule has 0 atom stereocenters. The molecule has 1 saturated carbocycles. The Balaban J connectivity index is 2.51. The minimum atomic E-state index is -0.108. The van der Waals surface area contributed by atoms with Crippen molar-refractivity contribution in [1.82, 2.24) is 0 Å². The second kappa shape index (κ2) is 2.48. The Hall–Kier alpha value is -0.530. The Morgan fingerprint density at radius 2 is 2.08 bits per heavy atom. The van der Waals surface area contributed by atoms with Crippen molar-refractivity contribution in [2.45, 2.75) is 25.3 Å². The van der Waals surface area contributed by atoms with Crippen LogP contribution >= 0.6 is 11.6 Å². The lowest BCUT2D eigenvalue weighted by Crippen LogP contribution is -2.19. The van der Waals surface area contributed by atoms with Gasteiger partial charge in [0.25, 0.3) is 0 Å². The molecular weight excluding hydrogens is 170 g/mol. The first-order chi connectivity index (χ1) is 5.63. The van der Waals surface area contributed by atoms with E-state index >= 15 is 0 Å². The van der Waals surface area contributed by atoms with E-state index < -0.39 is 0 Å². The van der Waals surface area contributed by atoms with Gasteiger partial charge in [0.2, 0.25) is 0 Å². The van der Waals surface area contributed by atoms with Gasteiger partial charge in [-0.15, -0.1) is 0 Å². The van der Waals surface area contributed by atoms with Crippen LogP contribution in [0.15, 0.2) is 18.2 Å². The van der Waals surface area contributed by atoms with E-state index in [0.29, 0.717) is 0 Å². The predicted octanol–water partition coefficient (Wildman–Crippen LogP) is 2.60. The van der Waals surface area contributed by atoms with Crippen molar-refractivity contribution in [2.75, 3.05) is 0 Å². The molecular formula is C10H12ClN. The summed E-state index contributed by atoms with van der Waals surface area (Å²) in [7, 11) is 0. The predicted molar refractivity (Wildman–Crippen MR) is 51.3 cm³/mol. The molecule has 1 fully saturated rings. The van der Waals surface area contributed by atoms with Gasteiger partial charge in [0.15, 0.2) is 0 Å². The number of aryl methyl sites for hydroxylation is 1. The Morgan fingerprint density at radius 3 is 2.67 bits per heavy atom. The van der Waals surface area contributed by atoms with Crippen LogP contribution in [0.5, 0.6) is 0 Å². The summed E-state index contributed by atoms with van der Waals surface area (Å²) in [5.74, 6) is 0. The molecule has 12 heavy (non-hydrogen) atoms. The average molecular weight is 182 g/mol. The van der Waals surface area contributed by atoms with Crippen LogP contribution in [-0.4, -0.2) is 0 Å². The van der Waals surface area contributed by atoms with Crippen LogP contribution in [0.2, 0.25) is 5.02 Å². The van der Waals surface area contributed by atoms with Gasteiger partial charge in [-0.3, -0.25) is 0 Å². The van der Waals surface area contributed by atoms with Crippen molar-refractivity contribution < 1.29 is 0 Å². The first-order valence-electron chi connectivity index (χ1n) is 4.18. The topological polar surface area (TPSA) is 26.0 Å². The summed E-state index contributed by atoms with van der Waals surface area (Å²) in [5.41, 5.74) is 8.18. The number of hydrogen-bond acceptors (Lipinski definition) is 1. The van der Waals surface area contributed by atoms with Crippen molar-refractivity contribution in [2.24, 2.45) is 5.73 Å². The quantitative estimate of drug-likeness (QED) is 0.708. The second-order valence-corrected chi connectivity index (χ2v) is 3.97. The number of nitrogens with two attached hydrogens (primary N) is 1. The molecule has 0 spiro atoms. The minimum Gasteiger partial charge on any atom is -0.321 e. The Bertz CT molecular complexity index is 316. The number of hydrogen-bond donors (Lipinski definition) is 1. The summed E-state index contributed by atoms with van der Waals surface area (Å²) >= 11 is 6.14. The third kappa shape index (κ3) is 1.13. The molecule has 2 heteroatoms. The van der Waals surface area contributed by atoms with Crippen molar-refractivity contribution in [1.29, 1.82) is 0 Å². The van der Waals surface area contributed by atoms with Crippen molar-refractivity contribution >= 4 is 11.6 Å². The molecule has 0 amide bonds. The van der Waals surface area contributed by atoms with E-state index in [-0.39, 0.29) is 5.54 Å². The summed E-state index contributed by atoms with van der Waals surface area (Å²) in [5, 5.41) is 0.845. The zero-order chi connectivity index (χ0) is 8.77. The molecule has 1 aromatic carbocycles. The van der Waals surface area contributed by atoms with Crippen LogP contribution in [0.3, 0.4) is 0 Å². The summed E-state index contributed by atoms with van der Waals surface area (Å²) in [6, 6.07) is 6.06. The maximum atomic E-state index is 6.14. The van der Waals surface area contributed by atoms with E-state index in [2.05, 4.69) is 0 Å². The molecule has 0 saturated heterocycles. The van der Waals surface area contributed by atoms with E-state index in [0.717, 1.165) is 29.0 Å². The fraction of sp³-hybridized carbons (Fsp3) is 0.400. The van der Waals surface area contributed by atoms with E-state index in [9.17, 15) is 0 Å². The molecule has 1 aromatic rings. The standard InChI is InChI=1S/C10H12ClN/c1-7-3-2-4-8(9(7)11)10(12)5-6-10/h2-4H,5-6,12H2,1H3. The van der Waals surface area contributed by atoms with Gasteiger partial charge in [-0.2, -0.15) is 0 Å². The number of rotatable bonds is 1. The van der Waals surface area contributed by atoms with E-state index in [1.807, 2.05) is 25.1 Å². The van der Waals surface area contributed by atoms with Gasteiger partial charge < -0.3 is 5.73 Å². The van der Waals surface area contributed by atoms with E-state index in [1.54, 1.807) is 0 Å². The fourth-order valence-electron chi connectivity index (χ4n) is 1.44. The zero-order valence-corrected chi connectivity index (χ0v) is 7.86. The van der Waals surface area contributed by atoms with Crippen molar-refractivity contribution in [3.05, 3.63) is 34.3 Å². The lowest BCUT2D eigenvalue weighted by molar-refractivity contribution is 0.739. The van der Waals surface area contributed by atoms with Gasteiger partial charge in [-0.25, -0.2) is 0 Å². The fourth-order valence-corrected chi connectivity index (χ4v) is 1.75. The summed E-state index contributed by atoms with van der Waals surface area (Å²) in [6.45, 7) is 2.01. The van der Waals surface area contributed by atoms with Crippen LogP contribution in [-0.2, 0) is 5.54 Å². The third-order valence-electron chi connectivity index (χ3n) is 2.52. The largest absolute Gasteiger partial charge is 0.321 e. The lowest BCUT2D eigenvalue weighted by Gasteiger charge is -2.12. The summed E-state index contributed by atoms with van der Waals surface area (Å²) in [4.78, 5) is 0. The maximum Gasteiger partial charge on any atom is 0.0485 e. The minimum absolute atomic E-state index is 0.108. The lowest BCUT2D eigenvalue weighted by atomic mass is 10.0. The molecule has 0 aromatic heterocycles. The van der Waals surface area contributed by atoms with Gasteiger partial charge in [0, 0.05) is 10.6 Å². The Labute approximate surface area is 77.5 Å². The zero-order valence-electron chi connectivity index (χ0n) is 7.10. The molecule has 0 heterocycles. The highest BCUT2D eigenvalue weighted by molar-refractivity contribution is 6.32. The van der Waals surface area contributed by atoms with Crippen LogP contribution in [0, 0.1) is 6.92 Å². The highest BCUT2D eigenvalue weighted by Gasteiger charge is 2.41. The Kier molecular flexibility index (Phi) is 1.67. The SMILES string of the molecule is Cc1cccc(C2(N)CC2)c1Cl. The first-order valence-corrected chi connectivity index (χ1v) is 4.56. The smallest absolute Gasteiger partial charge is 0.0485 e. The second-order valence-electron chi connectivity index (χ2n) is 3.59. The van der Waals surface area contributed by atoms with Gasteiger partial charge in [-0.05, 0) is 30.9 Å². The molecule has 1 aliphatic rings. The number of halogens is 1.